The van der Waals surface area contributed by atoms with Crippen LogP contribution in [-0.4, -0.2) is 49.8 Å². The van der Waals surface area contributed by atoms with Gasteiger partial charge in [0.25, 0.3) is 0 Å². The van der Waals surface area contributed by atoms with E-state index in [9.17, 15) is 4.79 Å². The molecule has 0 bridgehead atoms. The predicted octanol–water partition coefficient (Wildman–Crippen LogP) is 1.58. The molecule has 2 fully saturated rings. The maximum atomic E-state index is 11.1. The second-order valence-corrected chi connectivity index (χ2v) is 4.98. The minimum atomic E-state index is -0.0987. The molecule has 17 heavy (non-hydrogen) atoms. The van der Waals surface area contributed by atoms with Crippen molar-refractivity contribution in [2.75, 3.05) is 26.8 Å². The fourth-order valence-corrected chi connectivity index (χ4v) is 2.98. The van der Waals surface area contributed by atoms with E-state index in [1.807, 2.05) is 0 Å². The van der Waals surface area contributed by atoms with Gasteiger partial charge in [-0.25, -0.2) is 0 Å². The second kappa shape index (κ2) is 6.36. The van der Waals surface area contributed by atoms with Gasteiger partial charge in [0.15, 0.2) is 0 Å². The Morgan fingerprint density at radius 2 is 2.24 bits per heavy atom. The van der Waals surface area contributed by atoms with Crippen LogP contribution in [0.3, 0.4) is 0 Å². The molecule has 4 nitrogen and oxygen atoms in total. The average molecular weight is 241 g/mol. The highest BCUT2D eigenvalue weighted by atomic mass is 16.5. The van der Waals surface area contributed by atoms with Crippen molar-refractivity contribution in [3.05, 3.63) is 0 Å². The Morgan fingerprint density at radius 3 is 3.06 bits per heavy atom. The summed E-state index contributed by atoms with van der Waals surface area (Å²) in [6, 6.07) is 0.593. The highest BCUT2D eigenvalue weighted by Gasteiger charge is 2.33. The molecule has 1 saturated heterocycles. The molecule has 2 unspecified atom stereocenters. The van der Waals surface area contributed by atoms with E-state index in [1.54, 1.807) is 0 Å². The zero-order chi connectivity index (χ0) is 12.1. The quantitative estimate of drug-likeness (QED) is 0.701. The number of rotatable bonds is 4. The summed E-state index contributed by atoms with van der Waals surface area (Å²) in [5.41, 5.74) is 0. The van der Waals surface area contributed by atoms with E-state index in [-0.39, 0.29) is 5.97 Å². The van der Waals surface area contributed by atoms with Gasteiger partial charge in [0.05, 0.1) is 19.8 Å². The molecule has 2 aliphatic rings. The molecule has 1 heterocycles. The summed E-state index contributed by atoms with van der Waals surface area (Å²) in [6.07, 6.45) is 6.95. The summed E-state index contributed by atoms with van der Waals surface area (Å²) in [4.78, 5) is 13.6. The van der Waals surface area contributed by atoms with E-state index >= 15 is 0 Å². The van der Waals surface area contributed by atoms with Gasteiger partial charge in [0.1, 0.15) is 0 Å². The van der Waals surface area contributed by atoms with Crippen molar-refractivity contribution >= 4 is 5.97 Å². The van der Waals surface area contributed by atoms with Crippen molar-refractivity contribution in [2.24, 2.45) is 0 Å². The minimum absolute atomic E-state index is 0.0987. The number of ether oxygens (including phenoxy) is 2. The van der Waals surface area contributed by atoms with Crippen molar-refractivity contribution in [2.45, 2.75) is 50.7 Å². The van der Waals surface area contributed by atoms with Gasteiger partial charge in [-0.1, -0.05) is 12.8 Å². The number of hydrogen-bond acceptors (Lipinski definition) is 4. The maximum absolute atomic E-state index is 11.1. The number of fused-ring (bicyclic) bond motifs is 1. The lowest BCUT2D eigenvalue weighted by Crippen LogP contribution is -2.52. The van der Waals surface area contributed by atoms with Gasteiger partial charge in [-0.2, -0.15) is 0 Å². The molecule has 0 aromatic heterocycles. The number of methoxy groups -OCH3 is 1. The van der Waals surface area contributed by atoms with Crippen molar-refractivity contribution in [3.8, 4) is 0 Å². The number of carbonyl (C=O) groups excluding carboxylic acids is 1. The molecule has 1 aliphatic carbocycles. The van der Waals surface area contributed by atoms with E-state index in [4.69, 9.17) is 4.74 Å². The molecule has 0 spiro atoms. The lowest BCUT2D eigenvalue weighted by atomic mass is 9.90. The molecule has 2 atom stereocenters. The number of morpholine rings is 1. The first-order chi connectivity index (χ1) is 8.31. The van der Waals surface area contributed by atoms with Gasteiger partial charge in [-0.3, -0.25) is 9.69 Å². The van der Waals surface area contributed by atoms with E-state index in [0.29, 0.717) is 18.6 Å². The SMILES string of the molecule is COC(=O)CCCN1CCOC2CCCCC21. The number of nitrogens with zero attached hydrogens (tertiary/aromatic N) is 1. The summed E-state index contributed by atoms with van der Waals surface area (Å²) in [6.45, 7) is 2.86. The molecular formula is C13H23NO3. The third-order valence-electron chi connectivity index (χ3n) is 3.90. The zero-order valence-corrected chi connectivity index (χ0v) is 10.7. The summed E-state index contributed by atoms with van der Waals surface area (Å²) in [5.74, 6) is -0.0987. The molecule has 0 amide bonds. The number of hydrogen-bond donors (Lipinski definition) is 0. The maximum Gasteiger partial charge on any atom is 0.305 e. The average Bonchev–Trinajstić information content (AvgIpc) is 2.39. The highest BCUT2D eigenvalue weighted by molar-refractivity contribution is 5.69. The molecule has 0 radical (unpaired) electrons. The van der Waals surface area contributed by atoms with Crippen LogP contribution in [0.5, 0.6) is 0 Å². The first-order valence-corrected chi connectivity index (χ1v) is 6.73. The molecule has 98 valence electrons. The van der Waals surface area contributed by atoms with Crippen LogP contribution in [0, 0.1) is 0 Å². The van der Waals surface area contributed by atoms with E-state index in [1.165, 1.54) is 32.8 Å². The Bertz CT molecular complexity index is 255. The number of carbonyl (C=O) groups is 1. The lowest BCUT2D eigenvalue weighted by molar-refractivity contribution is -0.141. The van der Waals surface area contributed by atoms with Crippen molar-refractivity contribution in [3.63, 3.8) is 0 Å². The van der Waals surface area contributed by atoms with Crippen LogP contribution in [-0.2, 0) is 14.3 Å². The molecule has 1 saturated carbocycles. The molecule has 0 aromatic rings. The fraction of sp³-hybridized carbons (Fsp3) is 0.923. The van der Waals surface area contributed by atoms with E-state index < -0.39 is 0 Å². The first-order valence-electron chi connectivity index (χ1n) is 6.73. The summed E-state index contributed by atoms with van der Waals surface area (Å²) < 4.78 is 10.5. The summed E-state index contributed by atoms with van der Waals surface area (Å²) in [5, 5.41) is 0. The lowest BCUT2D eigenvalue weighted by Gasteiger charge is -2.43. The molecular weight excluding hydrogens is 218 g/mol. The molecule has 2 rings (SSSR count). The van der Waals surface area contributed by atoms with Crippen LogP contribution in [0.15, 0.2) is 0 Å². The second-order valence-electron chi connectivity index (χ2n) is 4.98. The smallest absolute Gasteiger partial charge is 0.305 e. The first kappa shape index (κ1) is 12.8. The van der Waals surface area contributed by atoms with Gasteiger partial charge in [-0.15, -0.1) is 0 Å². The van der Waals surface area contributed by atoms with E-state index in [0.717, 1.165) is 26.1 Å². The monoisotopic (exact) mass is 241 g/mol. The van der Waals surface area contributed by atoms with Crippen molar-refractivity contribution in [1.29, 1.82) is 0 Å². The van der Waals surface area contributed by atoms with Gasteiger partial charge in [-0.05, 0) is 25.8 Å². The third kappa shape index (κ3) is 3.42. The Balaban J connectivity index is 1.76. The molecule has 0 aromatic carbocycles. The van der Waals surface area contributed by atoms with Crippen molar-refractivity contribution < 1.29 is 14.3 Å². The van der Waals surface area contributed by atoms with Crippen molar-refractivity contribution in [1.82, 2.24) is 4.90 Å². The van der Waals surface area contributed by atoms with Gasteiger partial charge in [0.2, 0.25) is 0 Å². The van der Waals surface area contributed by atoms with Gasteiger partial charge < -0.3 is 9.47 Å². The summed E-state index contributed by atoms with van der Waals surface area (Å²) >= 11 is 0. The Labute approximate surface area is 103 Å². The van der Waals surface area contributed by atoms with Crippen LogP contribution in [0.2, 0.25) is 0 Å². The third-order valence-corrected chi connectivity index (χ3v) is 3.90. The number of esters is 1. The van der Waals surface area contributed by atoms with E-state index in [2.05, 4.69) is 9.64 Å². The Kier molecular flexibility index (Phi) is 4.80. The van der Waals surface area contributed by atoms with Crippen LogP contribution in [0.1, 0.15) is 38.5 Å². The normalized spacial score (nSPS) is 29.7. The van der Waals surface area contributed by atoms with Crippen LogP contribution < -0.4 is 0 Å². The minimum Gasteiger partial charge on any atom is -0.469 e. The molecule has 0 N–H and O–H groups in total. The Morgan fingerprint density at radius 1 is 1.41 bits per heavy atom. The van der Waals surface area contributed by atoms with Crippen LogP contribution in [0.25, 0.3) is 0 Å². The highest BCUT2D eigenvalue weighted by Crippen LogP contribution is 2.28. The van der Waals surface area contributed by atoms with Crippen LogP contribution >= 0.6 is 0 Å². The fourth-order valence-electron chi connectivity index (χ4n) is 2.98. The standard InChI is InChI=1S/C13H23NO3/c1-16-13(15)7-4-8-14-9-10-17-12-6-3-2-5-11(12)14/h11-12H,2-10H2,1H3. The summed E-state index contributed by atoms with van der Waals surface area (Å²) in [7, 11) is 1.45. The van der Waals surface area contributed by atoms with Crippen LogP contribution in [0.4, 0.5) is 0 Å². The van der Waals surface area contributed by atoms with Gasteiger partial charge in [0, 0.05) is 19.0 Å². The van der Waals surface area contributed by atoms with Gasteiger partial charge >= 0.3 is 5.97 Å². The predicted molar refractivity (Wildman–Crippen MR) is 64.8 cm³/mol. The molecule has 1 aliphatic heterocycles. The molecule has 4 heteroatoms. The topological polar surface area (TPSA) is 38.8 Å². The Hall–Kier alpha value is -0.610. The zero-order valence-electron chi connectivity index (χ0n) is 10.7. The largest absolute Gasteiger partial charge is 0.469 e.